The summed E-state index contributed by atoms with van der Waals surface area (Å²) < 4.78 is 10.7. The molecule has 2 heterocycles. The van der Waals surface area contributed by atoms with Crippen molar-refractivity contribution in [3.8, 4) is 11.3 Å². The number of hydrogen-bond donors (Lipinski definition) is 2. The molecule has 0 aliphatic carbocycles. The fourth-order valence-corrected chi connectivity index (χ4v) is 4.71. The maximum absolute atomic E-state index is 13.4. The van der Waals surface area contributed by atoms with Crippen LogP contribution in [0.2, 0.25) is 0 Å². The summed E-state index contributed by atoms with van der Waals surface area (Å²) in [6, 6.07) is 11.5. The molecule has 213 valence electrons. The van der Waals surface area contributed by atoms with Crippen LogP contribution in [0.1, 0.15) is 66.3 Å². The molecule has 2 amide bonds. The van der Waals surface area contributed by atoms with Crippen molar-refractivity contribution in [2.24, 2.45) is 5.92 Å². The Labute approximate surface area is 236 Å². The second-order valence-electron chi connectivity index (χ2n) is 11.9. The van der Waals surface area contributed by atoms with Crippen LogP contribution in [0.15, 0.2) is 42.6 Å². The predicted molar refractivity (Wildman–Crippen MR) is 158 cm³/mol. The van der Waals surface area contributed by atoms with Crippen LogP contribution in [-0.4, -0.2) is 70.4 Å². The van der Waals surface area contributed by atoms with Gasteiger partial charge in [-0.3, -0.25) is 4.79 Å². The highest BCUT2D eigenvalue weighted by molar-refractivity contribution is 6.47. The molecule has 3 aromatic rings. The first kappa shape index (κ1) is 29.6. The van der Waals surface area contributed by atoms with Crippen LogP contribution in [-0.2, 0) is 14.2 Å². The average molecular weight is 548 g/mol. The van der Waals surface area contributed by atoms with Gasteiger partial charge in [0, 0.05) is 26.0 Å². The van der Waals surface area contributed by atoms with E-state index in [0.717, 1.165) is 46.2 Å². The molecule has 0 unspecified atom stereocenters. The monoisotopic (exact) mass is 548 g/mol. The van der Waals surface area contributed by atoms with Gasteiger partial charge in [-0.15, -0.1) is 0 Å². The molecule has 9 nitrogen and oxygen atoms in total. The second-order valence-corrected chi connectivity index (χ2v) is 11.9. The molecule has 40 heavy (non-hydrogen) atoms. The number of hydrogen-bond acceptors (Lipinski definition) is 5. The Bertz CT molecular complexity index is 1360. The minimum Gasteiger partial charge on any atom is -0.453 e. The third kappa shape index (κ3) is 6.34. The second kappa shape index (κ2) is 11.6. The van der Waals surface area contributed by atoms with E-state index in [9.17, 15) is 9.59 Å². The van der Waals surface area contributed by atoms with E-state index in [2.05, 4.69) is 39.6 Å². The third-order valence-electron chi connectivity index (χ3n) is 8.01. The number of imidazole rings is 1. The zero-order valence-corrected chi connectivity index (χ0v) is 24.5. The number of alkyl carbamates (subject to hydrolysis) is 1. The first-order valence-electron chi connectivity index (χ1n) is 13.8. The van der Waals surface area contributed by atoms with Crippen molar-refractivity contribution < 1.29 is 24.1 Å². The lowest BCUT2D eigenvalue weighted by Gasteiger charge is -2.33. The SMILES string of the molecule is COC(=O)N[C@H](C(=O)N1CCC[C@H]1c1ncc(-c2ccc3cc([B]OC(C)(C)C(C)(C)[OH2+])ccc3c2)[nH]1)C(C)C. The molecule has 4 rings (SSSR count). The Kier molecular flexibility index (Phi) is 8.61. The fourth-order valence-electron chi connectivity index (χ4n) is 4.71. The highest BCUT2D eigenvalue weighted by Crippen LogP contribution is 2.33. The quantitative estimate of drug-likeness (QED) is 0.311. The molecule has 1 saturated heterocycles. The van der Waals surface area contributed by atoms with Crippen molar-refractivity contribution in [2.75, 3.05) is 13.7 Å². The number of aromatic amines is 1. The van der Waals surface area contributed by atoms with Crippen molar-refractivity contribution in [2.45, 2.75) is 77.7 Å². The van der Waals surface area contributed by atoms with E-state index in [4.69, 9.17) is 14.5 Å². The van der Waals surface area contributed by atoms with E-state index < -0.39 is 23.3 Å². The number of ether oxygens (including phenoxy) is 1. The minimum atomic E-state index is -0.739. The molecule has 1 fully saturated rings. The molecule has 4 N–H and O–H groups in total. The van der Waals surface area contributed by atoms with Crippen LogP contribution < -0.4 is 10.8 Å². The number of carbonyl (C=O) groups is 2. The molecule has 2 aromatic carbocycles. The van der Waals surface area contributed by atoms with Crippen LogP contribution in [0.3, 0.4) is 0 Å². The average Bonchev–Trinajstić information content (AvgIpc) is 3.59. The maximum Gasteiger partial charge on any atom is 0.407 e. The van der Waals surface area contributed by atoms with Gasteiger partial charge in [0.05, 0.1) is 25.0 Å². The molecule has 0 spiro atoms. The summed E-state index contributed by atoms with van der Waals surface area (Å²) in [5.74, 6) is 0.527. The van der Waals surface area contributed by atoms with Crippen LogP contribution in [0.5, 0.6) is 0 Å². The molecule has 1 aliphatic heterocycles. The summed E-state index contributed by atoms with van der Waals surface area (Å²) in [7, 11) is 3.02. The maximum atomic E-state index is 13.4. The van der Waals surface area contributed by atoms with E-state index in [1.54, 1.807) is 7.48 Å². The summed E-state index contributed by atoms with van der Waals surface area (Å²) in [6.45, 7) is 12.0. The van der Waals surface area contributed by atoms with Gasteiger partial charge in [-0.1, -0.05) is 49.6 Å². The molecule has 2 atom stereocenters. The van der Waals surface area contributed by atoms with E-state index in [1.165, 1.54) is 7.11 Å². The normalized spacial score (nSPS) is 16.8. The van der Waals surface area contributed by atoms with Gasteiger partial charge in [0.2, 0.25) is 5.91 Å². The molecular formula is C30H41BN4O5+. The summed E-state index contributed by atoms with van der Waals surface area (Å²) in [6.07, 6.45) is 2.86. The number of methoxy groups -OCH3 is 1. The van der Waals surface area contributed by atoms with E-state index in [-0.39, 0.29) is 17.9 Å². The lowest BCUT2D eigenvalue weighted by molar-refractivity contribution is -0.135. The Morgan fingerprint density at radius 1 is 1.15 bits per heavy atom. The molecule has 1 aliphatic rings. The highest BCUT2D eigenvalue weighted by Gasteiger charge is 2.40. The zero-order chi connectivity index (χ0) is 29.2. The number of fused-ring (bicyclic) bond motifs is 1. The fraction of sp³-hybridized carbons (Fsp3) is 0.500. The van der Waals surface area contributed by atoms with E-state index in [1.807, 2.05) is 64.8 Å². The number of benzene rings is 2. The summed E-state index contributed by atoms with van der Waals surface area (Å²) in [4.78, 5) is 35.2. The largest absolute Gasteiger partial charge is 0.453 e. The lowest BCUT2D eigenvalue weighted by Crippen LogP contribution is -2.51. The van der Waals surface area contributed by atoms with Crippen molar-refractivity contribution >= 4 is 35.7 Å². The Morgan fingerprint density at radius 3 is 2.52 bits per heavy atom. The van der Waals surface area contributed by atoms with Gasteiger partial charge in [-0.05, 0) is 49.4 Å². The van der Waals surface area contributed by atoms with Crippen molar-refractivity contribution in [3.63, 3.8) is 0 Å². The molecule has 1 aromatic heterocycles. The molecule has 10 heteroatoms. The molecule has 1 radical (unpaired) electrons. The van der Waals surface area contributed by atoms with Crippen LogP contribution in [0.4, 0.5) is 4.79 Å². The number of rotatable bonds is 9. The first-order valence-corrected chi connectivity index (χ1v) is 13.8. The molecule has 0 bridgehead atoms. The standard InChI is InChI=1S/C30H40BN4O5/c1-18(2)25(34-28(37)39-7)27(36)35-14-8-9-24(35)26-32-17-23(33-26)21-11-10-20-16-22(13-12-19(20)15-21)31-40-30(5,6)29(3,4)38/h10-13,15-18,24-25,38H,8-9,14H2,1-7H3,(H,32,33)(H,34,37)/p+1/t24-,25-/m0/s1. The van der Waals surface area contributed by atoms with Crippen molar-refractivity contribution in [1.82, 2.24) is 20.2 Å². The van der Waals surface area contributed by atoms with Crippen LogP contribution >= 0.6 is 0 Å². The number of carbonyl (C=O) groups excluding carboxylic acids is 2. The topological polar surface area (TPSA) is 119 Å². The van der Waals surface area contributed by atoms with E-state index >= 15 is 0 Å². The summed E-state index contributed by atoms with van der Waals surface area (Å²) in [5.41, 5.74) is 1.45. The molecular weight excluding hydrogens is 507 g/mol. The minimum absolute atomic E-state index is 0.0849. The van der Waals surface area contributed by atoms with Gasteiger partial charge in [0.1, 0.15) is 17.5 Å². The number of H-pyrrole nitrogens is 1. The Balaban J connectivity index is 1.50. The number of nitrogens with zero attached hydrogens (tertiary/aromatic N) is 2. The lowest BCUT2D eigenvalue weighted by atomic mass is 9.82. The first-order chi connectivity index (χ1) is 18.8. The number of amides is 2. The van der Waals surface area contributed by atoms with Gasteiger partial charge in [-0.25, -0.2) is 9.78 Å². The van der Waals surface area contributed by atoms with Gasteiger partial charge >= 0.3 is 13.6 Å². The smallest absolute Gasteiger partial charge is 0.407 e. The van der Waals surface area contributed by atoms with Crippen LogP contribution in [0, 0.1) is 5.92 Å². The third-order valence-corrected chi connectivity index (χ3v) is 8.01. The summed E-state index contributed by atoms with van der Waals surface area (Å²) >= 11 is 0. The van der Waals surface area contributed by atoms with Gasteiger partial charge in [0.15, 0.2) is 5.60 Å². The van der Waals surface area contributed by atoms with E-state index in [0.29, 0.717) is 6.54 Å². The molecule has 0 saturated carbocycles. The summed E-state index contributed by atoms with van der Waals surface area (Å²) in [5, 5.41) is 13.1. The Morgan fingerprint density at radius 2 is 1.85 bits per heavy atom. The van der Waals surface area contributed by atoms with Crippen LogP contribution in [0.25, 0.3) is 22.0 Å². The highest BCUT2D eigenvalue weighted by atomic mass is 16.5. The zero-order valence-electron chi connectivity index (χ0n) is 24.5. The number of likely N-dealkylation sites (tertiary alicyclic amines) is 1. The number of aromatic nitrogens is 2. The predicted octanol–water partition coefficient (Wildman–Crippen LogP) is 3.82. The Hall–Kier alpha value is -3.37. The van der Waals surface area contributed by atoms with Gasteiger partial charge < -0.3 is 29.7 Å². The van der Waals surface area contributed by atoms with Crippen molar-refractivity contribution in [3.05, 3.63) is 48.4 Å². The van der Waals surface area contributed by atoms with Crippen molar-refractivity contribution in [1.29, 1.82) is 0 Å². The van der Waals surface area contributed by atoms with Gasteiger partial charge in [0.25, 0.3) is 0 Å². The number of nitrogens with one attached hydrogen (secondary N) is 2. The van der Waals surface area contributed by atoms with Gasteiger partial charge in [-0.2, -0.15) is 0 Å².